The number of fused-ring (bicyclic) bond motifs is 1. The van der Waals surface area contributed by atoms with Gasteiger partial charge < -0.3 is 14.7 Å². The number of amides is 2. The first-order valence-electron chi connectivity index (χ1n) is 12.6. The van der Waals surface area contributed by atoms with E-state index in [0.29, 0.717) is 43.3 Å². The first-order valence-corrected chi connectivity index (χ1v) is 12.6. The van der Waals surface area contributed by atoms with Gasteiger partial charge in [0.2, 0.25) is 5.91 Å². The Balaban J connectivity index is 1.05. The molecule has 4 aromatic rings. The maximum atomic E-state index is 13.2. The Morgan fingerprint density at radius 1 is 0.944 bits per heavy atom. The van der Waals surface area contributed by atoms with Crippen molar-refractivity contribution in [3.05, 3.63) is 60.3 Å². The zero-order chi connectivity index (χ0) is 24.5. The summed E-state index contributed by atoms with van der Waals surface area (Å²) < 4.78 is 7.18. The lowest BCUT2D eigenvalue weighted by Crippen LogP contribution is -2.41. The molecule has 0 radical (unpaired) electrons. The largest absolute Gasteiger partial charge is 0.356 e. The molecule has 6 rings (SSSR count). The second kappa shape index (κ2) is 9.56. The molecule has 1 aliphatic heterocycles. The van der Waals surface area contributed by atoms with Gasteiger partial charge in [-0.25, -0.2) is 4.68 Å². The number of carbonyl (C=O) groups is 2. The molecule has 9 heteroatoms. The molecule has 2 aromatic heterocycles. The van der Waals surface area contributed by atoms with E-state index in [1.54, 1.807) is 12.3 Å². The third kappa shape index (κ3) is 4.36. The lowest BCUT2D eigenvalue weighted by Gasteiger charge is -2.31. The van der Waals surface area contributed by atoms with Crippen LogP contribution >= 0.6 is 0 Å². The van der Waals surface area contributed by atoms with Gasteiger partial charge in [-0.2, -0.15) is 0 Å². The number of benzene rings is 2. The third-order valence-electron chi connectivity index (χ3n) is 7.42. The number of nitrogens with one attached hydrogen (secondary N) is 1. The zero-order valence-electron chi connectivity index (χ0n) is 20.0. The highest BCUT2D eigenvalue weighted by Gasteiger charge is 2.28. The van der Waals surface area contributed by atoms with E-state index in [-0.39, 0.29) is 17.7 Å². The first-order chi connectivity index (χ1) is 17.7. The summed E-state index contributed by atoms with van der Waals surface area (Å²) >= 11 is 0. The van der Waals surface area contributed by atoms with Gasteiger partial charge in [0, 0.05) is 41.9 Å². The van der Waals surface area contributed by atoms with Crippen molar-refractivity contribution in [2.24, 2.45) is 5.92 Å². The van der Waals surface area contributed by atoms with E-state index >= 15 is 0 Å². The normalized spacial score (nSPS) is 17.1. The lowest BCUT2D eigenvalue weighted by molar-refractivity contribution is -0.121. The molecule has 0 bridgehead atoms. The molecular weight excluding hydrogens is 456 g/mol. The average Bonchev–Trinajstić information content (AvgIpc) is 3.70. The Kier molecular flexibility index (Phi) is 5.96. The topological polar surface area (TPSA) is 106 Å². The molecule has 0 atom stereocenters. The van der Waals surface area contributed by atoms with Gasteiger partial charge in [0.1, 0.15) is 5.52 Å². The molecule has 1 N–H and O–H groups in total. The van der Waals surface area contributed by atoms with Crippen molar-refractivity contribution >= 4 is 28.5 Å². The number of hydrogen-bond acceptors (Lipinski definition) is 6. The Hall–Kier alpha value is -4.01. The number of anilines is 1. The molecule has 36 heavy (non-hydrogen) atoms. The van der Waals surface area contributed by atoms with Gasteiger partial charge in [-0.1, -0.05) is 23.2 Å². The van der Waals surface area contributed by atoms with Crippen molar-refractivity contribution in [2.45, 2.75) is 44.6 Å². The van der Waals surface area contributed by atoms with Crippen LogP contribution < -0.4 is 5.32 Å². The molecule has 0 unspecified atom stereocenters. The fourth-order valence-electron chi connectivity index (χ4n) is 5.35. The predicted molar refractivity (Wildman–Crippen MR) is 134 cm³/mol. The maximum Gasteiger partial charge on any atom is 0.253 e. The van der Waals surface area contributed by atoms with Crippen molar-refractivity contribution in [2.75, 3.05) is 18.4 Å². The number of nitrogens with zero attached hydrogens (tertiary/aromatic N) is 5. The van der Waals surface area contributed by atoms with Gasteiger partial charge in [0.25, 0.3) is 5.91 Å². The molecule has 1 aliphatic carbocycles. The number of aromatic nitrogens is 4. The summed E-state index contributed by atoms with van der Waals surface area (Å²) in [5.74, 6) is 0.521. The Morgan fingerprint density at radius 3 is 2.44 bits per heavy atom. The van der Waals surface area contributed by atoms with E-state index < -0.39 is 0 Å². The van der Waals surface area contributed by atoms with Gasteiger partial charge >= 0.3 is 0 Å². The monoisotopic (exact) mass is 484 g/mol. The Labute approximate surface area is 208 Å². The molecule has 9 nitrogen and oxygen atoms in total. The van der Waals surface area contributed by atoms with Crippen LogP contribution in [0.1, 0.15) is 54.9 Å². The van der Waals surface area contributed by atoms with Crippen LogP contribution in [-0.4, -0.2) is 50.0 Å². The summed E-state index contributed by atoms with van der Waals surface area (Å²) in [6.45, 7) is 1.10. The van der Waals surface area contributed by atoms with Crippen LogP contribution in [-0.2, 0) is 4.79 Å². The molecule has 2 amide bonds. The molecule has 3 heterocycles. The van der Waals surface area contributed by atoms with Crippen molar-refractivity contribution in [3.8, 4) is 11.3 Å². The summed E-state index contributed by atoms with van der Waals surface area (Å²) in [7, 11) is 0. The second-order valence-corrected chi connectivity index (χ2v) is 9.69. The minimum atomic E-state index is -0.128. The number of hydrogen-bond donors (Lipinski definition) is 1. The highest BCUT2D eigenvalue weighted by Crippen LogP contribution is 2.31. The van der Waals surface area contributed by atoms with Crippen LogP contribution in [0.2, 0.25) is 0 Å². The fraction of sp³-hybridized carbons (Fsp3) is 0.370. The zero-order valence-corrected chi connectivity index (χ0v) is 20.0. The highest BCUT2D eigenvalue weighted by molar-refractivity contribution is 5.98. The van der Waals surface area contributed by atoms with Crippen LogP contribution in [0.15, 0.2) is 59.3 Å². The molecular formula is C27H28N6O3. The molecule has 1 saturated heterocycles. The fourth-order valence-corrected chi connectivity index (χ4v) is 5.35. The van der Waals surface area contributed by atoms with Crippen molar-refractivity contribution in [1.82, 2.24) is 25.1 Å². The van der Waals surface area contributed by atoms with Crippen molar-refractivity contribution < 1.29 is 14.1 Å². The summed E-state index contributed by atoms with van der Waals surface area (Å²) in [4.78, 5) is 27.8. The number of carbonyl (C=O) groups excluding carboxylic acids is 2. The highest BCUT2D eigenvalue weighted by atomic mass is 16.5. The smallest absolute Gasteiger partial charge is 0.253 e. The lowest BCUT2D eigenvalue weighted by atomic mass is 9.95. The standard InChI is InChI=1S/C27H28N6O3/c34-26(29-21-8-5-18(6-9-21)25-11-14-28-36-25)19-12-15-32(16-13-19)27(35)20-7-10-24-23(17-20)30-31-33(24)22-3-1-2-4-22/h5-11,14,17,19,22H,1-4,12-13,15-16H2,(H,29,34). The predicted octanol–water partition coefficient (Wildman–Crippen LogP) is 4.69. The summed E-state index contributed by atoms with van der Waals surface area (Å²) in [5.41, 5.74) is 4.01. The average molecular weight is 485 g/mol. The molecule has 0 spiro atoms. The summed E-state index contributed by atoms with van der Waals surface area (Å²) in [5, 5.41) is 15.4. The quantitative estimate of drug-likeness (QED) is 0.440. The van der Waals surface area contributed by atoms with Gasteiger partial charge in [-0.3, -0.25) is 9.59 Å². The van der Waals surface area contributed by atoms with E-state index in [1.807, 2.05) is 52.0 Å². The first kappa shape index (κ1) is 22.5. The second-order valence-electron chi connectivity index (χ2n) is 9.69. The molecule has 184 valence electrons. The molecule has 1 saturated carbocycles. The van der Waals surface area contributed by atoms with E-state index in [2.05, 4.69) is 20.8 Å². The van der Waals surface area contributed by atoms with Crippen LogP contribution in [0.4, 0.5) is 5.69 Å². The molecule has 2 aromatic carbocycles. The minimum absolute atomic E-state index is 0.0144. The SMILES string of the molecule is O=C(Nc1ccc(-c2ccno2)cc1)C1CCN(C(=O)c2ccc3c(c2)nnn3C2CCCC2)CC1. The van der Waals surface area contributed by atoms with Gasteiger partial charge in [-0.05, 0) is 68.1 Å². The Bertz CT molecular complexity index is 1360. The van der Waals surface area contributed by atoms with Gasteiger partial charge in [0.15, 0.2) is 5.76 Å². The molecule has 2 fully saturated rings. The number of rotatable bonds is 5. The Morgan fingerprint density at radius 2 is 1.72 bits per heavy atom. The summed E-state index contributed by atoms with van der Waals surface area (Å²) in [6, 6.07) is 15.4. The minimum Gasteiger partial charge on any atom is -0.356 e. The van der Waals surface area contributed by atoms with Crippen molar-refractivity contribution in [1.29, 1.82) is 0 Å². The van der Waals surface area contributed by atoms with E-state index in [4.69, 9.17) is 4.52 Å². The van der Waals surface area contributed by atoms with Gasteiger partial charge in [-0.15, -0.1) is 5.10 Å². The third-order valence-corrected chi connectivity index (χ3v) is 7.42. The number of piperidine rings is 1. The van der Waals surface area contributed by atoms with Crippen LogP contribution in [0, 0.1) is 5.92 Å². The van der Waals surface area contributed by atoms with Crippen LogP contribution in [0.3, 0.4) is 0 Å². The van der Waals surface area contributed by atoms with Crippen LogP contribution in [0.25, 0.3) is 22.4 Å². The van der Waals surface area contributed by atoms with E-state index in [1.165, 1.54) is 12.8 Å². The van der Waals surface area contributed by atoms with Crippen LogP contribution in [0.5, 0.6) is 0 Å². The summed E-state index contributed by atoms with van der Waals surface area (Å²) in [6.07, 6.45) is 7.59. The van der Waals surface area contributed by atoms with Crippen molar-refractivity contribution in [3.63, 3.8) is 0 Å². The van der Waals surface area contributed by atoms with Gasteiger partial charge in [0.05, 0.1) is 17.8 Å². The number of likely N-dealkylation sites (tertiary alicyclic amines) is 1. The van der Waals surface area contributed by atoms with E-state index in [9.17, 15) is 9.59 Å². The molecule has 2 aliphatic rings. The van der Waals surface area contributed by atoms with E-state index in [0.717, 1.165) is 35.1 Å². The maximum absolute atomic E-state index is 13.2.